The number of aromatic nitrogens is 5. The number of thioether (sulfide) groups is 1. The van der Waals surface area contributed by atoms with Gasteiger partial charge in [-0.1, -0.05) is 5.16 Å². The predicted octanol–water partition coefficient (Wildman–Crippen LogP) is -1.56. The number of nitrogen functional groups attached to an aromatic ring is 1. The predicted molar refractivity (Wildman–Crippen MR) is 131 cm³/mol. The number of carboxylic acids is 1. The van der Waals surface area contributed by atoms with Crippen LogP contribution in [0.5, 0.6) is 0 Å². The smallest absolute Gasteiger partial charge is 0.349 e. The third-order valence-electron chi connectivity index (χ3n) is 5.67. The lowest BCUT2D eigenvalue weighted by Crippen LogP contribution is -2.71. The molecule has 4 N–H and O–H groups in total. The van der Waals surface area contributed by atoms with E-state index in [2.05, 4.69) is 29.8 Å². The van der Waals surface area contributed by atoms with Crippen LogP contribution in [0.3, 0.4) is 0 Å². The molecule has 14 nitrogen and oxygen atoms in total. The second-order valence-corrected chi connectivity index (χ2v) is 10.00. The van der Waals surface area contributed by atoms with Crippen molar-refractivity contribution in [3.05, 3.63) is 41.2 Å². The molecular weight excluding hydrogens is 522 g/mol. The summed E-state index contributed by atoms with van der Waals surface area (Å²) in [6.07, 6.45) is 1.79. The Morgan fingerprint density at radius 2 is 2.24 bits per heavy atom. The third kappa shape index (κ3) is 4.48. The van der Waals surface area contributed by atoms with Crippen LogP contribution in [0.2, 0.25) is 0 Å². The standard InChI is InChI=1S/C21H21N9O5S2/c1-3-35-27-12(15-26-21(22)37-28-15)17(31)25-13-18(32)30-14(20(33)34)10(8-36-19(13)30)7-29-6-4-5-11-16(29)24-9(2)23-11/h4-6,13,19H,3,7-8H2,1-2H3,(H4,22,25,26,28,31,33,34)/b27-12-. The number of rotatable bonds is 8. The summed E-state index contributed by atoms with van der Waals surface area (Å²) in [7, 11) is 0. The molecular formula is C21H21N9O5S2. The highest BCUT2D eigenvalue weighted by atomic mass is 32.2. The maximum atomic E-state index is 13.1. The van der Waals surface area contributed by atoms with Crippen molar-refractivity contribution in [2.75, 3.05) is 18.1 Å². The van der Waals surface area contributed by atoms with Gasteiger partial charge in [-0.15, -0.1) is 11.8 Å². The van der Waals surface area contributed by atoms with Gasteiger partial charge < -0.3 is 30.8 Å². The van der Waals surface area contributed by atoms with Crippen molar-refractivity contribution in [3.63, 3.8) is 0 Å². The molecule has 1 fully saturated rings. The number of β-lactam (4-membered cyclic amide) rings is 1. The van der Waals surface area contributed by atoms with Crippen molar-refractivity contribution in [1.29, 1.82) is 0 Å². The number of imidazole rings is 1. The highest BCUT2D eigenvalue weighted by Gasteiger charge is 2.53. The Morgan fingerprint density at radius 3 is 2.95 bits per heavy atom. The molecule has 16 heteroatoms. The average Bonchev–Trinajstić information content (AvgIpc) is 3.47. The summed E-state index contributed by atoms with van der Waals surface area (Å²) in [5.74, 6) is -1.80. The van der Waals surface area contributed by atoms with E-state index in [1.54, 1.807) is 13.1 Å². The van der Waals surface area contributed by atoms with Crippen LogP contribution in [0.15, 0.2) is 34.8 Å². The van der Waals surface area contributed by atoms with Crippen molar-refractivity contribution in [3.8, 4) is 0 Å². The minimum Gasteiger partial charge on any atom is -0.543 e. The van der Waals surface area contributed by atoms with Gasteiger partial charge >= 0.3 is 5.65 Å². The number of carbonyl (C=O) groups is 3. The Morgan fingerprint density at radius 1 is 1.43 bits per heavy atom. The Balaban J connectivity index is 1.38. The summed E-state index contributed by atoms with van der Waals surface area (Å²) in [5, 5.41) is 18.0. The number of aliphatic carboxylic acids is 1. The van der Waals surface area contributed by atoms with E-state index in [0.717, 1.165) is 27.8 Å². The van der Waals surface area contributed by atoms with Gasteiger partial charge in [0, 0.05) is 29.8 Å². The quantitative estimate of drug-likeness (QED) is 0.129. The first-order valence-corrected chi connectivity index (χ1v) is 12.9. The van der Waals surface area contributed by atoms with Gasteiger partial charge in [0.15, 0.2) is 5.13 Å². The molecule has 2 amide bonds. The van der Waals surface area contributed by atoms with Crippen LogP contribution in [0.1, 0.15) is 18.6 Å². The number of nitrogens with one attached hydrogen (secondary N) is 2. The van der Waals surface area contributed by atoms with Crippen molar-refractivity contribution in [1.82, 2.24) is 29.5 Å². The van der Waals surface area contributed by atoms with Gasteiger partial charge in [0.05, 0.1) is 17.9 Å². The molecule has 0 aliphatic carbocycles. The number of carbonyl (C=O) groups excluding carboxylic acids is 3. The molecule has 0 spiro atoms. The van der Waals surface area contributed by atoms with Gasteiger partial charge in [-0.3, -0.25) is 14.5 Å². The zero-order valence-corrected chi connectivity index (χ0v) is 21.3. The number of nitrogens with two attached hydrogens (primary N) is 1. The van der Waals surface area contributed by atoms with Crippen LogP contribution >= 0.6 is 23.3 Å². The van der Waals surface area contributed by atoms with E-state index in [0.29, 0.717) is 17.0 Å². The largest absolute Gasteiger partial charge is 0.543 e. The number of pyridine rings is 1. The van der Waals surface area contributed by atoms with Gasteiger partial charge in [-0.2, -0.15) is 9.36 Å². The lowest BCUT2D eigenvalue weighted by Gasteiger charge is -2.50. The van der Waals surface area contributed by atoms with E-state index in [1.807, 2.05) is 23.6 Å². The van der Waals surface area contributed by atoms with Gasteiger partial charge in [-0.05, 0) is 24.0 Å². The minimum atomic E-state index is -1.47. The lowest BCUT2D eigenvalue weighted by atomic mass is 10.0. The summed E-state index contributed by atoms with van der Waals surface area (Å²) in [6.45, 7) is 3.91. The molecule has 0 aromatic carbocycles. The van der Waals surface area contributed by atoms with Gasteiger partial charge in [-0.25, -0.2) is 4.57 Å². The minimum absolute atomic E-state index is 0.0363. The molecule has 1 saturated heterocycles. The molecule has 192 valence electrons. The van der Waals surface area contributed by atoms with E-state index in [1.165, 1.54) is 11.8 Å². The first kappa shape index (κ1) is 24.6. The van der Waals surface area contributed by atoms with Crippen LogP contribution in [-0.4, -0.2) is 71.5 Å². The SMILES string of the molecule is CCO/N=C(\C(=O)NC1C(=O)N2C(C(=O)[O-])=C(C[n+]3cccc4[nH]c(C)nc43)CSC12)c1nsc(N)n1. The molecule has 2 aliphatic rings. The van der Waals surface area contributed by atoms with Crippen molar-refractivity contribution < 1.29 is 28.9 Å². The molecule has 3 aromatic rings. The summed E-state index contributed by atoms with van der Waals surface area (Å²) < 4.78 is 5.79. The Labute approximate surface area is 217 Å². The Bertz CT molecular complexity index is 1480. The topological polar surface area (TPSA) is 195 Å². The van der Waals surface area contributed by atoms with E-state index >= 15 is 0 Å². The molecule has 5 heterocycles. The van der Waals surface area contributed by atoms with Crippen LogP contribution < -0.4 is 20.7 Å². The number of nitrogens with zero attached hydrogens (tertiary/aromatic N) is 6. The number of hydrogen-bond acceptors (Lipinski definition) is 12. The van der Waals surface area contributed by atoms with Crippen LogP contribution in [-0.2, 0) is 25.8 Å². The number of oxime groups is 1. The van der Waals surface area contributed by atoms with E-state index in [9.17, 15) is 19.5 Å². The second-order valence-electron chi connectivity index (χ2n) is 8.11. The zero-order valence-electron chi connectivity index (χ0n) is 19.6. The summed E-state index contributed by atoms with van der Waals surface area (Å²) in [4.78, 5) is 55.9. The third-order valence-corrected chi connectivity index (χ3v) is 7.56. The number of amides is 2. The number of aryl methyl sites for hydroxylation is 1. The van der Waals surface area contributed by atoms with Crippen LogP contribution in [0, 0.1) is 6.92 Å². The van der Waals surface area contributed by atoms with Crippen molar-refractivity contribution >= 4 is 63.1 Å². The normalized spacial score (nSPS) is 19.6. The second kappa shape index (κ2) is 9.78. The highest BCUT2D eigenvalue weighted by molar-refractivity contribution is 8.00. The Hall–Kier alpha value is -4.05. The number of hydrogen-bond donors (Lipinski definition) is 3. The monoisotopic (exact) mass is 543 g/mol. The Kier molecular flexibility index (Phi) is 6.51. The molecule has 2 unspecified atom stereocenters. The molecule has 5 rings (SSSR count). The summed E-state index contributed by atoms with van der Waals surface area (Å²) >= 11 is 2.22. The summed E-state index contributed by atoms with van der Waals surface area (Å²) in [5.41, 5.74) is 7.14. The number of carboxylic acid groups (broad SMARTS) is 1. The van der Waals surface area contributed by atoms with E-state index < -0.39 is 29.2 Å². The summed E-state index contributed by atoms with van der Waals surface area (Å²) in [6, 6.07) is 2.71. The lowest BCUT2D eigenvalue weighted by molar-refractivity contribution is -0.664. The number of H-pyrrole nitrogens is 1. The zero-order chi connectivity index (χ0) is 26.3. The van der Waals surface area contributed by atoms with E-state index in [-0.39, 0.29) is 35.5 Å². The first-order valence-electron chi connectivity index (χ1n) is 11.1. The molecule has 3 aromatic heterocycles. The maximum Gasteiger partial charge on any atom is 0.349 e. The van der Waals surface area contributed by atoms with Gasteiger partial charge in [0.1, 0.15) is 30.1 Å². The van der Waals surface area contributed by atoms with Crippen LogP contribution in [0.4, 0.5) is 5.13 Å². The molecule has 2 atom stereocenters. The van der Waals surface area contributed by atoms with Gasteiger partial charge in [0.25, 0.3) is 11.8 Å². The van der Waals surface area contributed by atoms with Crippen molar-refractivity contribution in [2.45, 2.75) is 31.8 Å². The number of anilines is 1. The fraction of sp³-hybridized carbons (Fsp3) is 0.333. The molecule has 0 radical (unpaired) electrons. The van der Waals surface area contributed by atoms with Crippen molar-refractivity contribution in [2.24, 2.45) is 5.16 Å². The number of aromatic amines is 1. The first-order chi connectivity index (χ1) is 17.8. The molecule has 2 aliphatic heterocycles. The molecule has 0 bridgehead atoms. The fourth-order valence-electron chi connectivity index (χ4n) is 4.13. The number of fused-ring (bicyclic) bond motifs is 2. The van der Waals surface area contributed by atoms with Gasteiger partial charge in [0.2, 0.25) is 17.4 Å². The maximum absolute atomic E-state index is 13.1. The molecule has 0 saturated carbocycles. The molecule has 37 heavy (non-hydrogen) atoms. The van der Waals surface area contributed by atoms with Crippen LogP contribution in [0.25, 0.3) is 11.2 Å². The fourth-order valence-corrected chi connectivity index (χ4v) is 5.90. The van der Waals surface area contributed by atoms with E-state index in [4.69, 9.17) is 10.6 Å². The highest BCUT2D eigenvalue weighted by Crippen LogP contribution is 2.40. The average molecular weight is 544 g/mol.